The van der Waals surface area contributed by atoms with Crippen LogP contribution in [0.5, 0.6) is 0 Å². The van der Waals surface area contributed by atoms with Crippen LogP contribution < -0.4 is 5.32 Å². The molecular weight excluding hydrogens is 247 g/mol. The van der Waals surface area contributed by atoms with Crippen molar-refractivity contribution in [2.75, 3.05) is 5.32 Å². The van der Waals surface area contributed by atoms with Gasteiger partial charge in [-0.05, 0) is 13.0 Å². The molecule has 3 nitrogen and oxygen atoms in total. The van der Waals surface area contributed by atoms with E-state index in [1.54, 1.807) is 13.0 Å². The highest BCUT2D eigenvalue weighted by Crippen LogP contribution is 2.26. The third-order valence-corrected chi connectivity index (χ3v) is 2.73. The number of hydrogen-bond acceptors (Lipinski definition) is 2. The summed E-state index contributed by atoms with van der Waals surface area (Å²) < 4.78 is 0. The van der Waals surface area contributed by atoms with Crippen LogP contribution in [-0.2, 0) is 4.79 Å². The molecule has 16 heavy (non-hydrogen) atoms. The van der Waals surface area contributed by atoms with Crippen molar-refractivity contribution in [3.05, 3.63) is 21.9 Å². The van der Waals surface area contributed by atoms with Crippen LogP contribution in [0, 0.1) is 12.3 Å². The highest BCUT2D eigenvalue weighted by atomic mass is 35.5. The molecule has 0 saturated heterocycles. The van der Waals surface area contributed by atoms with Crippen molar-refractivity contribution >= 4 is 34.8 Å². The van der Waals surface area contributed by atoms with Crippen molar-refractivity contribution in [3.8, 4) is 0 Å². The van der Waals surface area contributed by atoms with E-state index in [0.717, 1.165) is 0 Å². The van der Waals surface area contributed by atoms with Gasteiger partial charge in [-0.2, -0.15) is 0 Å². The summed E-state index contributed by atoms with van der Waals surface area (Å²) >= 11 is 11.6. The number of amides is 1. The Morgan fingerprint density at radius 2 is 1.94 bits per heavy atom. The van der Waals surface area contributed by atoms with Crippen LogP contribution in [0.2, 0.25) is 10.2 Å². The minimum atomic E-state index is -0.460. The fourth-order valence-corrected chi connectivity index (χ4v) is 1.32. The van der Waals surface area contributed by atoms with Gasteiger partial charge < -0.3 is 5.32 Å². The van der Waals surface area contributed by atoms with E-state index in [2.05, 4.69) is 10.3 Å². The molecule has 1 amide bonds. The summed E-state index contributed by atoms with van der Waals surface area (Å²) in [5, 5.41) is 3.35. The van der Waals surface area contributed by atoms with Gasteiger partial charge in [0.25, 0.3) is 0 Å². The molecule has 1 aromatic rings. The lowest BCUT2D eigenvalue weighted by Gasteiger charge is -2.18. The Morgan fingerprint density at radius 3 is 2.44 bits per heavy atom. The molecular formula is C11H14Cl2N2O. The van der Waals surface area contributed by atoms with Crippen LogP contribution in [0.25, 0.3) is 0 Å². The Hall–Kier alpha value is -0.800. The molecule has 0 saturated carbocycles. The maximum Gasteiger partial charge on any atom is 0.229 e. The summed E-state index contributed by atoms with van der Waals surface area (Å²) in [6, 6.07) is 1.61. The summed E-state index contributed by atoms with van der Waals surface area (Å²) in [7, 11) is 0. The van der Waals surface area contributed by atoms with Crippen molar-refractivity contribution in [1.82, 2.24) is 4.98 Å². The van der Waals surface area contributed by atoms with Crippen LogP contribution >= 0.6 is 23.2 Å². The van der Waals surface area contributed by atoms with E-state index in [1.807, 2.05) is 20.8 Å². The van der Waals surface area contributed by atoms with E-state index in [4.69, 9.17) is 23.2 Å². The number of carbonyl (C=O) groups excluding carboxylic acids is 1. The first-order chi connectivity index (χ1) is 7.21. The Balaban J connectivity index is 2.99. The number of aryl methyl sites for hydroxylation is 1. The molecule has 0 radical (unpaired) electrons. The highest BCUT2D eigenvalue weighted by Gasteiger charge is 2.22. The van der Waals surface area contributed by atoms with E-state index in [-0.39, 0.29) is 11.1 Å². The van der Waals surface area contributed by atoms with E-state index in [9.17, 15) is 4.79 Å². The first-order valence-electron chi connectivity index (χ1n) is 4.86. The molecule has 5 heteroatoms. The predicted octanol–water partition coefficient (Wildman–Crippen LogP) is 3.68. The second-order valence-corrected chi connectivity index (χ2v) is 5.36. The number of nitrogens with zero attached hydrogens (tertiary/aromatic N) is 1. The summed E-state index contributed by atoms with van der Waals surface area (Å²) in [6.45, 7) is 7.27. The smallest absolute Gasteiger partial charge is 0.229 e. The fourth-order valence-electron chi connectivity index (χ4n) is 0.988. The van der Waals surface area contributed by atoms with Gasteiger partial charge in [0.2, 0.25) is 5.91 Å². The number of pyridine rings is 1. The van der Waals surface area contributed by atoms with Gasteiger partial charge >= 0.3 is 0 Å². The minimum Gasteiger partial charge on any atom is -0.324 e. The van der Waals surface area contributed by atoms with Crippen LogP contribution in [0.4, 0.5) is 5.69 Å². The molecule has 1 rings (SSSR count). The van der Waals surface area contributed by atoms with Gasteiger partial charge in [-0.15, -0.1) is 0 Å². The Bertz CT molecular complexity index is 425. The average molecular weight is 261 g/mol. The Morgan fingerprint density at radius 1 is 1.38 bits per heavy atom. The van der Waals surface area contributed by atoms with E-state index in [1.165, 1.54) is 0 Å². The molecule has 0 aliphatic heterocycles. The molecule has 0 aromatic carbocycles. The van der Waals surface area contributed by atoms with Crippen molar-refractivity contribution in [3.63, 3.8) is 0 Å². The Kier molecular flexibility index (Phi) is 3.81. The third-order valence-electron chi connectivity index (χ3n) is 2.05. The molecule has 88 valence electrons. The lowest BCUT2D eigenvalue weighted by Crippen LogP contribution is -2.28. The van der Waals surface area contributed by atoms with Gasteiger partial charge in [0.05, 0.1) is 16.4 Å². The molecule has 0 unspecified atom stereocenters. The molecule has 1 heterocycles. The van der Waals surface area contributed by atoms with Crippen molar-refractivity contribution in [2.45, 2.75) is 27.7 Å². The zero-order chi connectivity index (χ0) is 12.5. The molecule has 0 aliphatic carbocycles. The van der Waals surface area contributed by atoms with E-state index >= 15 is 0 Å². The molecule has 0 spiro atoms. The second kappa shape index (κ2) is 4.60. The van der Waals surface area contributed by atoms with Gasteiger partial charge in [-0.1, -0.05) is 44.0 Å². The van der Waals surface area contributed by atoms with Gasteiger partial charge in [-0.25, -0.2) is 4.98 Å². The van der Waals surface area contributed by atoms with Crippen molar-refractivity contribution in [2.24, 2.45) is 5.41 Å². The van der Waals surface area contributed by atoms with Crippen molar-refractivity contribution in [1.29, 1.82) is 0 Å². The number of halogens is 2. The van der Waals surface area contributed by atoms with Gasteiger partial charge in [0.1, 0.15) is 5.15 Å². The topological polar surface area (TPSA) is 42.0 Å². The number of nitrogens with one attached hydrogen (secondary N) is 1. The summed E-state index contributed by atoms with van der Waals surface area (Å²) in [5.41, 5.74) is 0.778. The molecule has 0 atom stereocenters. The SMILES string of the molecule is Cc1nc(Cl)c(Cl)cc1NC(=O)C(C)(C)C. The minimum absolute atomic E-state index is 0.0872. The molecule has 1 aromatic heterocycles. The zero-order valence-corrected chi connectivity index (χ0v) is 11.2. The average Bonchev–Trinajstić information content (AvgIpc) is 2.12. The van der Waals surface area contributed by atoms with Crippen LogP contribution in [0.1, 0.15) is 26.5 Å². The lowest BCUT2D eigenvalue weighted by molar-refractivity contribution is -0.123. The molecule has 1 N–H and O–H groups in total. The number of anilines is 1. The number of hydrogen-bond donors (Lipinski definition) is 1. The highest BCUT2D eigenvalue weighted by molar-refractivity contribution is 6.41. The number of rotatable bonds is 1. The molecule has 0 bridgehead atoms. The zero-order valence-electron chi connectivity index (χ0n) is 9.69. The second-order valence-electron chi connectivity index (χ2n) is 4.60. The van der Waals surface area contributed by atoms with Crippen LogP contribution in [-0.4, -0.2) is 10.9 Å². The first kappa shape index (κ1) is 13.3. The van der Waals surface area contributed by atoms with Gasteiger partial charge in [0, 0.05) is 5.41 Å². The standard InChI is InChI=1S/C11H14Cl2N2O/c1-6-8(5-7(12)9(13)14-6)15-10(16)11(2,3)4/h5H,1-4H3,(H,15,16). The predicted molar refractivity (Wildman–Crippen MR) is 67.1 cm³/mol. The quantitative estimate of drug-likeness (QED) is 0.783. The van der Waals surface area contributed by atoms with Crippen LogP contribution in [0.3, 0.4) is 0 Å². The maximum atomic E-state index is 11.8. The first-order valence-corrected chi connectivity index (χ1v) is 5.61. The van der Waals surface area contributed by atoms with E-state index < -0.39 is 5.41 Å². The lowest BCUT2D eigenvalue weighted by atomic mass is 9.95. The largest absolute Gasteiger partial charge is 0.324 e. The summed E-state index contributed by atoms with van der Waals surface area (Å²) in [5.74, 6) is -0.0872. The number of carbonyl (C=O) groups is 1. The summed E-state index contributed by atoms with van der Waals surface area (Å²) in [6.07, 6.45) is 0. The van der Waals surface area contributed by atoms with E-state index in [0.29, 0.717) is 16.4 Å². The normalized spacial score (nSPS) is 11.4. The van der Waals surface area contributed by atoms with Crippen molar-refractivity contribution < 1.29 is 4.79 Å². The molecule has 0 aliphatic rings. The third kappa shape index (κ3) is 3.09. The van der Waals surface area contributed by atoms with Gasteiger partial charge in [0.15, 0.2) is 0 Å². The fraction of sp³-hybridized carbons (Fsp3) is 0.455. The van der Waals surface area contributed by atoms with Gasteiger partial charge in [-0.3, -0.25) is 4.79 Å². The summed E-state index contributed by atoms with van der Waals surface area (Å²) in [4.78, 5) is 15.8. The van der Waals surface area contributed by atoms with Crippen LogP contribution in [0.15, 0.2) is 6.07 Å². The molecule has 0 fully saturated rings. The Labute approximate surface area is 105 Å². The maximum absolute atomic E-state index is 11.8. The monoisotopic (exact) mass is 260 g/mol. The number of aromatic nitrogens is 1.